The second kappa shape index (κ2) is 16.6. The lowest BCUT2D eigenvalue weighted by Gasteiger charge is -2.37. The van der Waals surface area contributed by atoms with E-state index in [1.807, 2.05) is 6.92 Å². The highest BCUT2D eigenvalue weighted by atomic mass is 16.3. The third-order valence-electron chi connectivity index (χ3n) is 6.39. The number of piperazine rings is 1. The number of nitrogens with two attached hydrogens (primary N) is 1. The van der Waals surface area contributed by atoms with Crippen molar-refractivity contribution in [3.63, 3.8) is 0 Å². The van der Waals surface area contributed by atoms with E-state index in [4.69, 9.17) is 10.8 Å². The Morgan fingerprint density at radius 2 is 1.43 bits per heavy atom. The van der Waals surface area contributed by atoms with Crippen molar-refractivity contribution in [2.75, 3.05) is 66.0 Å². The summed E-state index contributed by atoms with van der Waals surface area (Å²) in [6, 6.07) is 0.946. The number of nitrogens with zero attached hydrogens (tertiary/aromatic N) is 3. The molecule has 0 spiro atoms. The molecule has 28 heavy (non-hydrogen) atoms. The lowest BCUT2D eigenvalue weighted by atomic mass is 9.86. The van der Waals surface area contributed by atoms with Crippen molar-refractivity contribution in [3.8, 4) is 0 Å². The van der Waals surface area contributed by atoms with Crippen LogP contribution in [0.25, 0.3) is 0 Å². The van der Waals surface area contributed by atoms with E-state index in [0.29, 0.717) is 6.61 Å². The first-order chi connectivity index (χ1) is 13.6. The Balaban J connectivity index is 0.000000464. The van der Waals surface area contributed by atoms with Crippen molar-refractivity contribution >= 4 is 0 Å². The molecule has 3 aliphatic rings. The molecule has 3 N–H and O–H groups in total. The van der Waals surface area contributed by atoms with E-state index in [1.54, 1.807) is 0 Å². The van der Waals surface area contributed by atoms with Gasteiger partial charge in [-0.1, -0.05) is 39.5 Å². The molecule has 1 heterocycles. The zero-order chi connectivity index (χ0) is 20.6. The van der Waals surface area contributed by atoms with Crippen LogP contribution in [-0.4, -0.2) is 91.9 Å². The van der Waals surface area contributed by atoms with E-state index in [2.05, 4.69) is 28.7 Å². The van der Waals surface area contributed by atoms with Gasteiger partial charge in [0.25, 0.3) is 0 Å². The Morgan fingerprint density at radius 3 is 1.86 bits per heavy atom. The van der Waals surface area contributed by atoms with Crippen LogP contribution in [0.4, 0.5) is 0 Å². The zero-order valence-electron chi connectivity index (χ0n) is 19.2. The third kappa shape index (κ3) is 11.1. The second-order valence-corrected chi connectivity index (χ2v) is 8.84. The predicted molar refractivity (Wildman–Crippen MR) is 124 cm³/mol. The average molecular weight is 401 g/mol. The van der Waals surface area contributed by atoms with E-state index >= 15 is 0 Å². The Kier molecular flexibility index (Phi) is 15.3. The lowest BCUT2D eigenvalue weighted by Crippen LogP contribution is -2.47. The van der Waals surface area contributed by atoms with Crippen LogP contribution in [0, 0.1) is 5.92 Å². The normalized spacial score (nSPS) is 22.1. The summed E-state index contributed by atoms with van der Waals surface area (Å²) >= 11 is 0. The Morgan fingerprint density at radius 1 is 0.893 bits per heavy atom. The summed E-state index contributed by atoms with van der Waals surface area (Å²) in [4.78, 5) is 7.44. The van der Waals surface area contributed by atoms with Crippen molar-refractivity contribution in [2.45, 2.75) is 77.7 Å². The first kappa shape index (κ1) is 25.8. The van der Waals surface area contributed by atoms with Crippen molar-refractivity contribution < 1.29 is 6.53 Å². The topological polar surface area (TPSA) is 56.0 Å². The van der Waals surface area contributed by atoms with Gasteiger partial charge in [0.15, 0.2) is 0 Å². The molecule has 5 heteroatoms. The molecule has 0 aromatic heterocycles. The number of aliphatic hydroxyl groups is 1. The molecule has 3 fully saturated rings. The number of hydrogen-bond donors (Lipinski definition) is 2. The molecule has 1 saturated heterocycles. The minimum absolute atomic E-state index is 0. The minimum atomic E-state index is 0. The maximum Gasteiger partial charge on any atom is 0.0558 e. The van der Waals surface area contributed by atoms with Crippen molar-refractivity contribution in [1.29, 1.82) is 0 Å². The smallest absolute Gasteiger partial charge is 0.0558 e. The molecule has 0 amide bonds. The van der Waals surface area contributed by atoms with Gasteiger partial charge >= 0.3 is 0 Å². The van der Waals surface area contributed by atoms with Crippen LogP contribution in [0.3, 0.4) is 0 Å². The van der Waals surface area contributed by atoms with Crippen LogP contribution in [0.2, 0.25) is 0 Å². The van der Waals surface area contributed by atoms with Gasteiger partial charge < -0.3 is 20.6 Å². The largest absolute Gasteiger partial charge is 0.395 e. The second-order valence-electron chi connectivity index (χ2n) is 8.84. The molecule has 0 atom stereocenters. The minimum Gasteiger partial charge on any atom is -0.395 e. The molecule has 2 aliphatic carbocycles. The summed E-state index contributed by atoms with van der Waals surface area (Å²) in [5.74, 6) is 1.03. The predicted octanol–water partition coefficient (Wildman–Crippen LogP) is 3.27. The fourth-order valence-corrected chi connectivity index (χ4v) is 4.45. The monoisotopic (exact) mass is 400 g/mol. The molecule has 3 rings (SSSR count). The van der Waals surface area contributed by atoms with Crippen LogP contribution in [0.15, 0.2) is 0 Å². The average Bonchev–Trinajstić information content (AvgIpc) is 2.64. The van der Waals surface area contributed by atoms with Gasteiger partial charge in [-0.05, 0) is 58.2 Å². The Hall–Kier alpha value is -0.200. The molecule has 0 bridgehead atoms. The van der Waals surface area contributed by atoms with Gasteiger partial charge in [-0.3, -0.25) is 4.90 Å². The highest BCUT2D eigenvalue weighted by molar-refractivity contribution is 4.80. The van der Waals surface area contributed by atoms with Crippen molar-refractivity contribution in [2.24, 2.45) is 11.7 Å². The molecule has 0 unspecified atom stereocenters. The van der Waals surface area contributed by atoms with E-state index in [-0.39, 0.29) is 1.43 Å². The maximum absolute atomic E-state index is 8.73. The van der Waals surface area contributed by atoms with E-state index < -0.39 is 0 Å². The SMILES string of the molecule is CCCN1CCN(CCO)CC1.CCN.CN(CC1CCCCC1)C1CCC1.[HH]. The fraction of sp³-hybridized carbons (Fsp3) is 1.00. The van der Waals surface area contributed by atoms with E-state index in [1.165, 1.54) is 84.0 Å². The van der Waals surface area contributed by atoms with Crippen LogP contribution in [-0.2, 0) is 0 Å². The van der Waals surface area contributed by atoms with Crippen LogP contribution < -0.4 is 5.73 Å². The lowest BCUT2D eigenvalue weighted by molar-refractivity contribution is 0.113. The summed E-state index contributed by atoms with van der Waals surface area (Å²) in [6.45, 7) is 13.2. The molecule has 170 valence electrons. The van der Waals surface area contributed by atoms with E-state index in [0.717, 1.165) is 38.1 Å². The van der Waals surface area contributed by atoms with Gasteiger partial charge in [0.05, 0.1) is 6.61 Å². The zero-order valence-corrected chi connectivity index (χ0v) is 19.2. The van der Waals surface area contributed by atoms with Gasteiger partial charge in [-0.15, -0.1) is 0 Å². The molecule has 0 aromatic carbocycles. The molecule has 5 nitrogen and oxygen atoms in total. The van der Waals surface area contributed by atoms with Crippen LogP contribution >= 0.6 is 0 Å². The van der Waals surface area contributed by atoms with Crippen molar-refractivity contribution in [3.05, 3.63) is 0 Å². The molecular weight excluding hydrogens is 348 g/mol. The molecular formula is C23H52N4O. The van der Waals surface area contributed by atoms with Gasteiger partial charge in [-0.2, -0.15) is 0 Å². The Labute approximate surface area is 177 Å². The van der Waals surface area contributed by atoms with Gasteiger partial charge in [0.2, 0.25) is 0 Å². The van der Waals surface area contributed by atoms with Gasteiger partial charge in [0, 0.05) is 46.7 Å². The highest BCUT2D eigenvalue weighted by Crippen LogP contribution is 2.28. The number of β-amino-alcohol motifs (C(OH)–C–C–N with tert-alkyl or cyclic N) is 1. The number of rotatable bonds is 7. The summed E-state index contributed by atoms with van der Waals surface area (Å²) in [6.07, 6.45) is 13.1. The van der Waals surface area contributed by atoms with Gasteiger partial charge in [-0.25, -0.2) is 0 Å². The summed E-state index contributed by atoms with van der Waals surface area (Å²) < 4.78 is 0. The summed E-state index contributed by atoms with van der Waals surface area (Å²) in [7, 11) is 2.33. The molecule has 0 aromatic rings. The van der Waals surface area contributed by atoms with Crippen molar-refractivity contribution in [1.82, 2.24) is 14.7 Å². The molecule has 1 aliphatic heterocycles. The summed E-state index contributed by atoms with van der Waals surface area (Å²) in [5, 5.41) is 8.73. The van der Waals surface area contributed by atoms with Gasteiger partial charge in [0.1, 0.15) is 0 Å². The highest BCUT2D eigenvalue weighted by Gasteiger charge is 2.24. The standard InChI is InChI=1S/C12H23N.C9H20N2O.C2H7N.H2/c1-13(12-8-5-9-12)10-11-6-3-2-4-7-11;1-2-3-10-4-6-11(7-5-10)8-9-12;1-2-3;/h11-12H,2-10H2,1H3;12H,2-9H2,1H3;2-3H2,1H3;1H. The maximum atomic E-state index is 8.73. The van der Waals surface area contributed by atoms with Crippen LogP contribution in [0.1, 0.15) is 73.1 Å². The van der Waals surface area contributed by atoms with E-state index in [9.17, 15) is 0 Å². The quantitative estimate of drug-likeness (QED) is 0.687. The molecule has 2 saturated carbocycles. The number of aliphatic hydroxyl groups excluding tert-OH is 1. The number of hydrogen-bond acceptors (Lipinski definition) is 5. The molecule has 0 radical (unpaired) electrons. The van der Waals surface area contributed by atoms with Crippen LogP contribution in [0.5, 0.6) is 0 Å². The fourth-order valence-electron chi connectivity index (χ4n) is 4.45. The Bertz CT molecular complexity index is 330. The third-order valence-corrected chi connectivity index (χ3v) is 6.39. The first-order valence-corrected chi connectivity index (χ1v) is 12.1. The summed E-state index contributed by atoms with van der Waals surface area (Å²) in [5.41, 5.74) is 4.85. The first-order valence-electron chi connectivity index (χ1n) is 12.1.